The largest absolute Gasteiger partial charge is 0.461 e. The van der Waals surface area contributed by atoms with Gasteiger partial charge in [0.05, 0.1) is 6.61 Å². The van der Waals surface area contributed by atoms with E-state index in [0.717, 1.165) is 6.42 Å². The number of nitrogens with zero attached hydrogens (tertiary/aromatic N) is 1. The highest BCUT2D eigenvalue weighted by Crippen LogP contribution is 2.13. The van der Waals surface area contributed by atoms with Crippen LogP contribution in [0.5, 0.6) is 0 Å². The van der Waals surface area contributed by atoms with Crippen molar-refractivity contribution in [1.82, 2.24) is 9.29 Å². The molecule has 0 unspecified atom stereocenters. The van der Waals surface area contributed by atoms with E-state index in [1.54, 1.807) is 7.05 Å². The molecule has 96 valence electrons. The molecule has 0 saturated heterocycles. The van der Waals surface area contributed by atoms with E-state index in [2.05, 4.69) is 4.72 Å². The van der Waals surface area contributed by atoms with Crippen molar-refractivity contribution in [2.45, 2.75) is 18.2 Å². The lowest BCUT2D eigenvalue weighted by atomic mass is 10.4. The van der Waals surface area contributed by atoms with Crippen LogP contribution in [-0.4, -0.2) is 32.6 Å². The Bertz CT molecular complexity index is 504. The first-order valence-corrected chi connectivity index (χ1v) is 6.67. The van der Waals surface area contributed by atoms with Gasteiger partial charge in [-0.15, -0.1) is 0 Å². The molecular formula is C10H16N2O4S. The van der Waals surface area contributed by atoms with Crippen molar-refractivity contribution >= 4 is 16.0 Å². The molecular weight excluding hydrogens is 244 g/mol. The molecule has 1 heterocycles. The number of esters is 1. The van der Waals surface area contributed by atoms with Gasteiger partial charge in [0.2, 0.25) is 10.0 Å². The summed E-state index contributed by atoms with van der Waals surface area (Å²) in [7, 11) is -0.621. The summed E-state index contributed by atoms with van der Waals surface area (Å²) in [4.78, 5) is 11.6. The molecule has 7 heteroatoms. The molecule has 0 saturated carbocycles. The number of aromatic nitrogens is 1. The molecule has 0 aliphatic carbocycles. The lowest BCUT2D eigenvalue weighted by Crippen LogP contribution is -2.17. The van der Waals surface area contributed by atoms with Gasteiger partial charge < -0.3 is 9.30 Å². The number of aryl methyl sites for hydroxylation is 1. The minimum absolute atomic E-state index is 0.0472. The van der Waals surface area contributed by atoms with Crippen LogP contribution < -0.4 is 4.72 Å². The molecule has 0 aliphatic rings. The van der Waals surface area contributed by atoms with Crippen LogP contribution in [0.2, 0.25) is 0 Å². The van der Waals surface area contributed by atoms with E-state index in [9.17, 15) is 13.2 Å². The number of hydrogen-bond donors (Lipinski definition) is 1. The van der Waals surface area contributed by atoms with Gasteiger partial charge in [0.25, 0.3) is 0 Å². The maximum atomic E-state index is 11.6. The Kier molecular flexibility index (Phi) is 4.30. The Morgan fingerprint density at radius 2 is 2.18 bits per heavy atom. The number of carbonyl (C=O) groups is 1. The Morgan fingerprint density at radius 3 is 2.71 bits per heavy atom. The van der Waals surface area contributed by atoms with Crippen molar-refractivity contribution < 1.29 is 17.9 Å². The number of nitrogens with one attached hydrogen (secondary N) is 1. The van der Waals surface area contributed by atoms with Gasteiger partial charge in [-0.25, -0.2) is 17.9 Å². The average Bonchev–Trinajstić information content (AvgIpc) is 2.69. The lowest BCUT2D eigenvalue weighted by Gasteiger charge is -2.02. The fraction of sp³-hybridized carbons (Fsp3) is 0.500. The van der Waals surface area contributed by atoms with Gasteiger partial charge in [0.15, 0.2) is 0 Å². The van der Waals surface area contributed by atoms with Crippen molar-refractivity contribution in [3.63, 3.8) is 0 Å². The zero-order chi connectivity index (χ0) is 13.1. The molecule has 0 atom stereocenters. The summed E-state index contributed by atoms with van der Waals surface area (Å²) in [6.45, 7) is 2.20. The van der Waals surface area contributed by atoms with Crippen molar-refractivity contribution in [3.8, 4) is 0 Å². The third kappa shape index (κ3) is 3.07. The van der Waals surface area contributed by atoms with Gasteiger partial charge in [-0.05, 0) is 19.5 Å². The molecule has 17 heavy (non-hydrogen) atoms. The number of hydrogen-bond acceptors (Lipinski definition) is 4. The van der Waals surface area contributed by atoms with Crippen LogP contribution in [0.4, 0.5) is 0 Å². The Morgan fingerprint density at radius 1 is 1.53 bits per heavy atom. The highest BCUT2D eigenvalue weighted by atomic mass is 32.2. The fourth-order valence-electron chi connectivity index (χ4n) is 1.27. The van der Waals surface area contributed by atoms with Gasteiger partial charge in [0, 0.05) is 13.2 Å². The molecule has 1 rings (SSSR count). The van der Waals surface area contributed by atoms with E-state index < -0.39 is 16.0 Å². The van der Waals surface area contributed by atoms with Crippen LogP contribution in [0.1, 0.15) is 23.8 Å². The van der Waals surface area contributed by atoms with E-state index in [-0.39, 0.29) is 10.6 Å². The minimum Gasteiger partial charge on any atom is -0.461 e. The summed E-state index contributed by atoms with van der Waals surface area (Å²) in [5, 5.41) is 0. The van der Waals surface area contributed by atoms with E-state index in [1.165, 1.54) is 23.9 Å². The number of sulfonamides is 1. The summed E-state index contributed by atoms with van der Waals surface area (Å²) in [6, 6.07) is 1.30. The Hall–Kier alpha value is -1.34. The number of ether oxygens (including phenoxy) is 1. The third-order valence-corrected chi connectivity index (χ3v) is 3.59. The van der Waals surface area contributed by atoms with Crippen LogP contribution in [-0.2, 0) is 21.8 Å². The average molecular weight is 260 g/mol. The zero-order valence-electron chi connectivity index (χ0n) is 10.1. The molecule has 0 fully saturated rings. The highest BCUT2D eigenvalue weighted by Gasteiger charge is 2.19. The van der Waals surface area contributed by atoms with E-state index in [0.29, 0.717) is 6.61 Å². The monoisotopic (exact) mass is 260 g/mol. The summed E-state index contributed by atoms with van der Waals surface area (Å²) >= 11 is 0. The Balaban J connectivity index is 3.01. The standard InChI is InChI=1S/C10H16N2O4S/c1-4-5-16-10(13)9-6-8(7-12(9)3)17(14,15)11-2/h6-7,11H,4-5H2,1-3H3. The summed E-state index contributed by atoms with van der Waals surface area (Å²) in [6.07, 6.45) is 2.09. The van der Waals surface area contributed by atoms with Crippen LogP contribution in [0.25, 0.3) is 0 Å². The van der Waals surface area contributed by atoms with Crippen molar-refractivity contribution in [3.05, 3.63) is 18.0 Å². The normalized spacial score (nSPS) is 11.5. The smallest absolute Gasteiger partial charge is 0.354 e. The van der Waals surface area contributed by atoms with Crippen molar-refractivity contribution in [2.24, 2.45) is 7.05 Å². The van der Waals surface area contributed by atoms with Gasteiger partial charge in [-0.1, -0.05) is 6.92 Å². The SMILES string of the molecule is CCCOC(=O)c1cc(S(=O)(=O)NC)cn1C. The molecule has 0 radical (unpaired) electrons. The number of rotatable bonds is 5. The second-order valence-corrected chi connectivity index (χ2v) is 5.40. The van der Waals surface area contributed by atoms with Crippen molar-refractivity contribution in [2.75, 3.05) is 13.7 Å². The first-order valence-electron chi connectivity index (χ1n) is 5.19. The first-order chi connectivity index (χ1) is 7.92. The molecule has 0 aliphatic heterocycles. The molecule has 6 nitrogen and oxygen atoms in total. The maximum Gasteiger partial charge on any atom is 0.354 e. The molecule has 0 spiro atoms. The highest BCUT2D eigenvalue weighted by molar-refractivity contribution is 7.89. The lowest BCUT2D eigenvalue weighted by molar-refractivity contribution is 0.0494. The molecule has 0 aromatic carbocycles. The van der Waals surface area contributed by atoms with E-state index >= 15 is 0 Å². The van der Waals surface area contributed by atoms with E-state index in [1.807, 2.05) is 6.92 Å². The molecule has 0 bridgehead atoms. The van der Waals surface area contributed by atoms with Gasteiger partial charge in [-0.2, -0.15) is 0 Å². The second-order valence-electron chi connectivity index (χ2n) is 3.52. The Labute approximate surface area is 101 Å². The van der Waals surface area contributed by atoms with Gasteiger partial charge >= 0.3 is 5.97 Å². The second kappa shape index (κ2) is 5.33. The van der Waals surface area contributed by atoms with Crippen LogP contribution in [0.15, 0.2) is 17.2 Å². The van der Waals surface area contributed by atoms with Crippen LogP contribution in [0.3, 0.4) is 0 Å². The fourth-order valence-corrected chi connectivity index (χ4v) is 2.07. The predicted octanol–water partition coefficient (Wildman–Crippen LogP) is 0.500. The molecule has 0 amide bonds. The van der Waals surface area contributed by atoms with Crippen LogP contribution in [0, 0.1) is 0 Å². The summed E-state index contributed by atoms with van der Waals surface area (Å²) in [5.74, 6) is -0.521. The molecule has 1 aromatic rings. The quantitative estimate of drug-likeness (QED) is 0.782. The summed E-state index contributed by atoms with van der Waals surface area (Å²) < 4.78 is 31.6. The van der Waals surface area contributed by atoms with E-state index in [4.69, 9.17) is 4.74 Å². The zero-order valence-corrected chi connectivity index (χ0v) is 10.9. The van der Waals surface area contributed by atoms with Gasteiger partial charge in [0.1, 0.15) is 10.6 Å². The topological polar surface area (TPSA) is 77.4 Å². The summed E-state index contributed by atoms with van der Waals surface area (Å²) in [5.41, 5.74) is 0.215. The molecule has 1 aromatic heterocycles. The van der Waals surface area contributed by atoms with Crippen LogP contribution >= 0.6 is 0 Å². The molecule has 1 N–H and O–H groups in total. The van der Waals surface area contributed by atoms with Crippen molar-refractivity contribution in [1.29, 1.82) is 0 Å². The minimum atomic E-state index is -3.53. The third-order valence-electron chi connectivity index (χ3n) is 2.21. The predicted molar refractivity (Wildman–Crippen MR) is 62.2 cm³/mol. The van der Waals surface area contributed by atoms with Gasteiger partial charge in [-0.3, -0.25) is 0 Å². The first kappa shape index (κ1) is 13.7. The maximum absolute atomic E-state index is 11.6. The number of carbonyl (C=O) groups excluding carboxylic acids is 1.